The molecule has 3 aromatic carbocycles. The van der Waals surface area contributed by atoms with E-state index in [1.54, 1.807) is 36.5 Å². The van der Waals surface area contributed by atoms with E-state index in [1.165, 1.54) is 30.0 Å². The van der Waals surface area contributed by atoms with Crippen molar-refractivity contribution in [1.29, 1.82) is 0 Å². The summed E-state index contributed by atoms with van der Waals surface area (Å²) in [6, 6.07) is 21.5. The molecule has 8 nitrogen and oxygen atoms in total. The maximum absolute atomic E-state index is 12.9. The molecular weight excluding hydrogens is 464 g/mol. The zero-order valence-corrected chi connectivity index (χ0v) is 19.0. The Morgan fingerprint density at radius 1 is 0.970 bits per heavy atom. The summed E-state index contributed by atoms with van der Waals surface area (Å²) in [4.78, 5) is 12.9. The average molecular weight is 483 g/mol. The highest BCUT2D eigenvalue weighted by Gasteiger charge is 2.20. The Labute approximate surface area is 195 Å². The van der Waals surface area contributed by atoms with E-state index in [1.807, 2.05) is 30.3 Å². The summed E-state index contributed by atoms with van der Waals surface area (Å²) in [7, 11) is -2.44. The lowest BCUT2D eigenvalue weighted by atomic mass is 10.3. The highest BCUT2D eigenvalue weighted by molar-refractivity contribution is 7.92. The minimum atomic E-state index is -3.88. The van der Waals surface area contributed by atoms with Gasteiger partial charge in [0.1, 0.15) is 0 Å². The number of amides is 1. The van der Waals surface area contributed by atoms with E-state index in [-0.39, 0.29) is 22.0 Å². The summed E-state index contributed by atoms with van der Waals surface area (Å²) in [5.74, 6) is -0.258. The lowest BCUT2D eigenvalue weighted by Gasteiger charge is -2.10. The van der Waals surface area contributed by atoms with Gasteiger partial charge in [0, 0.05) is 16.4 Å². The fraction of sp³-hybridized carbons (Fsp3) is 0.0435. The second-order valence-corrected chi connectivity index (χ2v) is 9.04. The van der Waals surface area contributed by atoms with Crippen LogP contribution in [0.2, 0.25) is 5.02 Å². The van der Waals surface area contributed by atoms with Crippen molar-refractivity contribution < 1.29 is 17.9 Å². The lowest BCUT2D eigenvalue weighted by molar-refractivity contribution is 0.101. The smallest absolute Gasteiger partial charge is 0.280 e. The first-order valence-corrected chi connectivity index (χ1v) is 11.6. The van der Waals surface area contributed by atoms with Crippen LogP contribution in [0.1, 0.15) is 10.5 Å². The number of nitrogens with one attached hydrogen (secondary N) is 2. The number of rotatable bonds is 7. The molecule has 0 unspecified atom stereocenters. The van der Waals surface area contributed by atoms with Gasteiger partial charge in [0.05, 0.1) is 23.9 Å². The van der Waals surface area contributed by atoms with Crippen molar-refractivity contribution >= 4 is 38.9 Å². The molecule has 168 valence electrons. The number of anilines is 2. The van der Waals surface area contributed by atoms with Crippen LogP contribution in [-0.2, 0) is 10.0 Å². The summed E-state index contributed by atoms with van der Waals surface area (Å²) >= 11 is 5.84. The van der Waals surface area contributed by atoms with Crippen molar-refractivity contribution in [2.75, 3.05) is 17.1 Å². The van der Waals surface area contributed by atoms with Crippen molar-refractivity contribution in [3.63, 3.8) is 0 Å². The fourth-order valence-corrected chi connectivity index (χ4v) is 4.27. The topological polar surface area (TPSA) is 102 Å². The van der Waals surface area contributed by atoms with Crippen LogP contribution < -0.4 is 14.8 Å². The fourth-order valence-electron chi connectivity index (χ4n) is 3.04. The molecule has 33 heavy (non-hydrogen) atoms. The molecule has 0 atom stereocenters. The maximum Gasteiger partial charge on any atom is 0.280 e. The quantitative estimate of drug-likeness (QED) is 0.401. The molecule has 0 saturated heterocycles. The molecule has 0 saturated carbocycles. The van der Waals surface area contributed by atoms with Gasteiger partial charge in [-0.15, -0.1) is 0 Å². The van der Waals surface area contributed by atoms with Crippen LogP contribution in [0.25, 0.3) is 5.69 Å². The second kappa shape index (κ2) is 9.35. The molecule has 0 fully saturated rings. The largest absolute Gasteiger partial charge is 0.493 e. The normalized spacial score (nSPS) is 11.1. The summed E-state index contributed by atoms with van der Waals surface area (Å²) in [5.41, 5.74) is 1.48. The number of sulfonamides is 1. The van der Waals surface area contributed by atoms with Crippen molar-refractivity contribution in [1.82, 2.24) is 9.78 Å². The molecule has 0 radical (unpaired) electrons. The average Bonchev–Trinajstić information content (AvgIpc) is 3.26. The minimum Gasteiger partial charge on any atom is -0.493 e. The van der Waals surface area contributed by atoms with Gasteiger partial charge < -0.3 is 10.1 Å². The van der Waals surface area contributed by atoms with Crippen LogP contribution in [0.4, 0.5) is 11.4 Å². The molecular formula is C23H19ClN4O4S. The van der Waals surface area contributed by atoms with E-state index < -0.39 is 15.9 Å². The van der Waals surface area contributed by atoms with Gasteiger partial charge in [0.2, 0.25) is 0 Å². The number of carbonyl (C=O) groups is 1. The van der Waals surface area contributed by atoms with Crippen LogP contribution in [0.15, 0.2) is 90.0 Å². The van der Waals surface area contributed by atoms with Crippen LogP contribution in [0, 0.1) is 0 Å². The Bertz CT molecular complexity index is 1390. The number of carbonyl (C=O) groups excluding carboxylic acids is 1. The lowest BCUT2D eigenvalue weighted by Crippen LogP contribution is -2.16. The minimum absolute atomic E-state index is 0.0166. The number of aromatic nitrogens is 2. The Balaban J connectivity index is 1.55. The molecule has 0 aliphatic rings. The maximum atomic E-state index is 12.9. The molecule has 0 aliphatic heterocycles. The van der Waals surface area contributed by atoms with Crippen LogP contribution in [0.5, 0.6) is 5.75 Å². The molecule has 1 amide bonds. The predicted octanol–water partition coefficient (Wildman–Crippen LogP) is 4.59. The number of hydrogen-bond acceptors (Lipinski definition) is 5. The number of nitrogens with zero attached hydrogens (tertiary/aromatic N) is 2. The number of benzene rings is 3. The molecule has 0 spiro atoms. The monoisotopic (exact) mass is 482 g/mol. The third kappa shape index (κ3) is 5.16. The Hall–Kier alpha value is -3.82. The van der Waals surface area contributed by atoms with Crippen LogP contribution in [-0.4, -0.2) is 31.2 Å². The number of hydrogen-bond donors (Lipinski definition) is 2. The zero-order valence-electron chi connectivity index (χ0n) is 17.4. The molecule has 1 heterocycles. The summed E-state index contributed by atoms with van der Waals surface area (Å²) in [5, 5.41) is 7.49. The van der Waals surface area contributed by atoms with Crippen molar-refractivity contribution in [2.24, 2.45) is 0 Å². The van der Waals surface area contributed by atoms with Crippen molar-refractivity contribution in [3.05, 3.63) is 95.8 Å². The molecule has 0 bridgehead atoms. The summed E-state index contributed by atoms with van der Waals surface area (Å²) in [6.45, 7) is 0. The zero-order chi connectivity index (χ0) is 23.4. The Kier molecular flexibility index (Phi) is 6.34. The standard InChI is InChI=1S/C23H19ClN4O4S/c1-32-21-15-28(19-7-3-2-4-8-19)26-22(21)23(29)25-18-6-5-9-20(14-18)33(30,31)27-17-12-10-16(24)11-13-17/h2-15,27H,1H3,(H,25,29). The van der Waals surface area contributed by atoms with E-state index >= 15 is 0 Å². The second-order valence-electron chi connectivity index (χ2n) is 6.92. The number of methoxy groups -OCH3 is 1. The van der Waals surface area contributed by atoms with E-state index in [2.05, 4.69) is 15.1 Å². The third-order valence-electron chi connectivity index (χ3n) is 4.64. The van der Waals surface area contributed by atoms with Gasteiger partial charge >= 0.3 is 0 Å². The van der Waals surface area contributed by atoms with Crippen LogP contribution in [0.3, 0.4) is 0 Å². The van der Waals surface area contributed by atoms with E-state index in [9.17, 15) is 13.2 Å². The Morgan fingerprint density at radius 3 is 2.39 bits per heavy atom. The highest BCUT2D eigenvalue weighted by atomic mass is 35.5. The molecule has 1 aromatic heterocycles. The number of ether oxygens (including phenoxy) is 1. The molecule has 4 aromatic rings. The van der Waals surface area contributed by atoms with Gasteiger partial charge in [-0.1, -0.05) is 35.9 Å². The van der Waals surface area contributed by atoms with Crippen LogP contribution >= 0.6 is 11.6 Å². The van der Waals surface area contributed by atoms with Gasteiger partial charge in [-0.3, -0.25) is 9.52 Å². The summed E-state index contributed by atoms with van der Waals surface area (Å²) < 4.78 is 34.8. The molecule has 0 aliphatic carbocycles. The SMILES string of the molecule is COc1cn(-c2ccccc2)nc1C(=O)Nc1cccc(S(=O)(=O)Nc2ccc(Cl)cc2)c1. The summed E-state index contributed by atoms with van der Waals surface area (Å²) in [6.07, 6.45) is 1.60. The Morgan fingerprint density at radius 2 is 1.70 bits per heavy atom. The predicted molar refractivity (Wildman–Crippen MR) is 127 cm³/mol. The van der Waals surface area contributed by atoms with E-state index in [4.69, 9.17) is 16.3 Å². The molecule has 10 heteroatoms. The van der Waals surface area contributed by atoms with Gasteiger partial charge in [0.25, 0.3) is 15.9 Å². The van der Waals surface area contributed by atoms with E-state index in [0.29, 0.717) is 10.7 Å². The van der Waals surface area contributed by atoms with Gasteiger partial charge in [-0.25, -0.2) is 13.1 Å². The van der Waals surface area contributed by atoms with Gasteiger partial charge in [-0.05, 0) is 54.6 Å². The first-order chi connectivity index (χ1) is 15.9. The first-order valence-electron chi connectivity index (χ1n) is 9.74. The van der Waals surface area contributed by atoms with Crippen molar-refractivity contribution in [2.45, 2.75) is 4.90 Å². The third-order valence-corrected chi connectivity index (χ3v) is 6.27. The van der Waals surface area contributed by atoms with Gasteiger partial charge in [0.15, 0.2) is 11.4 Å². The van der Waals surface area contributed by atoms with Gasteiger partial charge in [-0.2, -0.15) is 5.10 Å². The number of para-hydroxylation sites is 1. The molecule has 4 rings (SSSR count). The first kappa shape index (κ1) is 22.4. The molecule has 2 N–H and O–H groups in total. The van der Waals surface area contributed by atoms with Crippen molar-refractivity contribution in [3.8, 4) is 11.4 Å². The number of halogens is 1. The highest BCUT2D eigenvalue weighted by Crippen LogP contribution is 2.23. The van der Waals surface area contributed by atoms with E-state index in [0.717, 1.165) is 5.69 Å².